The third kappa shape index (κ3) is 1.85. The molecule has 0 aromatic carbocycles. The minimum atomic E-state index is 0.525. The van der Waals surface area contributed by atoms with Gasteiger partial charge in [0.1, 0.15) is 0 Å². The Hall–Kier alpha value is 0. The Kier molecular flexibility index (Phi) is 3.05. The average Bonchev–Trinajstić information content (AvgIpc) is 2.78. The minimum Gasteiger partial charge on any atom is -0.0649 e. The molecule has 0 radical (unpaired) electrons. The lowest BCUT2D eigenvalue weighted by molar-refractivity contribution is 0.164. The molecule has 0 amide bonds. The number of hydrogen-bond donors (Lipinski definition) is 0. The van der Waals surface area contributed by atoms with E-state index in [-0.39, 0.29) is 0 Å². The fraction of sp³-hybridized carbons (Fsp3) is 1.00. The summed E-state index contributed by atoms with van der Waals surface area (Å²) in [5.41, 5.74) is 1.17. The van der Waals surface area contributed by atoms with Gasteiger partial charge in [-0.25, -0.2) is 0 Å². The predicted octanol–water partition coefficient (Wildman–Crippen LogP) is 4.74. The second-order valence-corrected chi connectivity index (χ2v) is 6.60. The lowest BCUT2D eigenvalue weighted by Crippen LogP contribution is -2.25. The van der Waals surface area contributed by atoms with Crippen LogP contribution in [0.25, 0.3) is 0 Å². The Morgan fingerprint density at radius 3 is 2.07 bits per heavy atom. The highest BCUT2D eigenvalue weighted by Gasteiger charge is 2.56. The highest BCUT2D eigenvalue weighted by Crippen LogP contribution is 2.63. The molecule has 0 aromatic rings. The predicted molar refractivity (Wildman–Crippen MR) is 64.3 cm³/mol. The molecular formula is C14H28. The van der Waals surface area contributed by atoms with Crippen LogP contribution in [0.15, 0.2) is 0 Å². The molecule has 0 aliphatic heterocycles. The molecule has 1 saturated carbocycles. The van der Waals surface area contributed by atoms with Gasteiger partial charge in [-0.2, -0.15) is 0 Å². The van der Waals surface area contributed by atoms with Crippen LogP contribution in [0.4, 0.5) is 0 Å². The van der Waals surface area contributed by atoms with Gasteiger partial charge in [0.25, 0.3) is 0 Å². The maximum atomic E-state index is 2.48. The molecule has 0 nitrogen and oxygen atoms in total. The van der Waals surface area contributed by atoms with Crippen LogP contribution in [0.2, 0.25) is 0 Å². The van der Waals surface area contributed by atoms with Crippen molar-refractivity contribution in [2.75, 3.05) is 0 Å². The smallest absolute Gasteiger partial charge is 0.0269 e. The summed E-state index contributed by atoms with van der Waals surface area (Å²) in [6.07, 6.45) is 2.76. The van der Waals surface area contributed by atoms with Crippen LogP contribution in [0.3, 0.4) is 0 Å². The highest BCUT2D eigenvalue weighted by molar-refractivity contribution is 5.05. The van der Waals surface area contributed by atoms with Crippen molar-refractivity contribution in [2.24, 2.45) is 28.6 Å². The van der Waals surface area contributed by atoms with Crippen molar-refractivity contribution in [3.8, 4) is 0 Å². The Morgan fingerprint density at radius 1 is 1.29 bits per heavy atom. The first kappa shape index (κ1) is 12.1. The van der Waals surface area contributed by atoms with Crippen LogP contribution < -0.4 is 0 Å². The van der Waals surface area contributed by atoms with E-state index >= 15 is 0 Å². The lowest BCUT2D eigenvalue weighted by atomic mass is 9.72. The van der Waals surface area contributed by atoms with Gasteiger partial charge in [-0.3, -0.25) is 0 Å². The van der Waals surface area contributed by atoms with E-state index in [0.717, 1.165) is 17.8 Å². The molecule has 0 heteroatoms. The fourth-order valence-corrected chi connectivity index (χ4v) is 2.69. The first-order chi connectivity index (χ1) is 6.25. The van der Waals surface area contributed by atoms with Gasteiger partial charge in [-0.05, 0) is 35.0 Å². The summed E-state index contributed by atoms with van der Waals surface area (Å²) in [4.78, 5) is 0. The third-order valence-electron chi connectivity index (χ3n) is 5.41. The van der Waals surface area contributed by atoms with Crippen molar-refractivity contribution in [1.29, 1.82) is 0 Å². The average molecular weight is 196 g/mol. The van der Waals surface area contributed by atoms with Gasteiger partial charge in [0, 0.05) is 0 Å². The van der Waals surface area contributed by atoms with Gasteiger partial charge >= 0.3 is 0 Å². The first-order valence-electron chi connectivity index (χ1n) is 6.25. The van der Waals surface area contributed by atoms with Gasteiger partial charge in [0.15, 0.2) is 0 Å². The van der Waals surface area contributed by atoms with Crippen molar-refractivity contribution in [2.45, 2.75) is 61.3 Å². The van der Waals surface area contributed by atoms with E-state index in [1.165, 1.54) is 12.8 Å². The van der Waals surface area contributed by atoms with Crippen molar-refractivity contribution < 1.29 is 0 Å². The van der Waals surface area contributed by atoms with Crippen LogP contribution in [0, 0.1) is 28.6 Å². The molecule has 3 atom stereocenters. The maximum absolute atomic E-state index is 2.48. The molecule has 3 unspecified atom stereocenters. The summed E-state index contributed by atoms with van der Waals surface area (Å²) in [6, 6.07) is 0. The molecule has 14 heavy (non-hydrogen) atoms. The molecule has 0 saturated heterocycles. The molecule has 1 fully saturated rings. The molecule has 1 aliphatic carbocycles. The second kappa shape index (κ2) is 3.54. The van der Waals surface area contributed by atoms with Crippen molar-refractivity contribution in [3.05, 3.63) is 0 Å². The van der Waals surface area contributed by atoms with Gasteiger partial charge in [0.2, 0.25) is 0 Å². The number of rotatable bonds is 4. The Bertz CT molecular complexity index is 202. The molecular weight excluding hydrogens is 168 g/mol. The van der Waals surface area contributed by atoms with Crippen LogP contribution in [0.5, 0.6) is 0 Å². The van der Waals surface area contributed by atoms with E-state index in [4.69, 9.17) is 0 Å². The molecule has 0 heterocycles. The minimum absolute atomic E-state index is 0.525. The zero-order chi connectivity index (χ0) is 11.1. The Balaban J connectivity index is 2.63. The van der Waals surface area contributed by atoms with Gasteiger partial charge < -0.3 is 0 Å². The molecule has 1 rings (SSSR count). The standard InChI is InChI=1S/C14H28/c1-8-13(5,6)11(4)12-9-14(12,7)10(2)3/h10-12H,8-9H2,1-7H3. The summed E-state index contributed by atoms with van der Waals surface area (Å²) >= 11 is 0. The quantitative estimate of drug-likeness (QED) is 0.609. The topological polar surface area (TPSA) is 0 Å². The third-order valence-corrected chi connectivity index (χ3v) is 5.41. The van der Waals surface area contributed by atoms with Crippen molar-refractivity contribution in [1.82, 2.24) is 0 Å². The van der Waals surface area contributed by atoms with Gasteiger partial charge in [-0.15, -0.1) is 0 Å². The van der Waals surface area contributed by atoms with Gasteiger partial charge in [-0.1, -0.05) is 54.9 Å². The van der Waals surface area contributed by atoms with E-state index in [0.29, 0.717) is 10.8 Å². The summed E-state index contributed by atoms with van der Waals surface area (Å²) < 4.78 is 0. The fourth-order valence-electron chi connectivity index (χ4n) is 2.69. The molecule has 0 N–H and O–H groups in total. The summed E-state index contributed by atoms with van der Waals surface area (Å²) in [5.74, 6) is 2.69. The summed E-state index contributed by atoms with van der Waals surface area (Å²) in [6.45, 7) is 16.9. The van der Waals surface area contributed by atoms with Crippen LogP contribution in [-0.2, 0) is 0 Å². The molecule has 1 aliphatic rings. The van der Waals surface area contributed by atoms with Crippen LogP contribution in [0.1, 0.15) is 61.3 Å². The first-order valence-corrected chi connectivity index (χ1v) is 6.25. The second-order valence-electron chi connectivity index (χ2n) is 6.60. The zero-order valence-corrected chi connectivity index (χ0v) is 11.1. The van der Waals surface area contributed by atoms with Crippen LogP contribution in [-0.4, -0.2) is 0 Å². The van der Waals surface area contributed by atoms with E-state index in [9.17, 15) is 0 Å². The lowest BCUT2D eigenvalue weighted by Gasteiger charge is -2.33. The Morgan fingerprint density at radius 2 is 1.79 bits per heavy atom. The van der Waals surface area contributed by atoms with E-state index in [1.807, 2.05) is 0 Å². The maximum Gasteiger partial charge on any atom is -0.0269 e. The van der Waals surface area contributed by atoms with E-state index < -0.39 is 0 Å². The largest absolute Gasteiger partial charge is 0.0649 e. The van der Waals surface area contributed by atoms with Crippen molar-refractivity contribution in [3.63, 3.8) is 0 Å². The van der Waals surface area contributed by atoms with Gasteiger partial charge in [0.05, 0.1) is 0 Å². The SMILES string of the molecule is CCC(C)(C)C(C)C1CC1(C)C(C)C. The monoisotopic (exact) mass is 196 g/mol. The summed E-state index contributed by atoms with van der Waals surface area (Å²) in [5, 5.41) is 0. The van der Waals surface area contributed by atoms with E-state index in [1.54, 1.807) is 0 Å². The Labute approximate surface area is 90.5 Å². The molecule has 0 aromatic heterocycles. The molecule has 0 spiro atoms. The van der Waals surface area contributed by atoms with Crippen LogP contribution >= 0.6 is 0 Å². The summed E-state index contributed by atoms with van der Waals surface area (Å²) in [7, 11) is 0. The zero-order valence-electron chi connectivity index (χ0n) is 11.1. The highest BCUT2D eigenvalue weighted by atomic mass is 14.6. The number of hydrogen-bond acceptors (Lipinski definition) is 0. The molecule has 0 bridgehead atoms. The normalized spacial score (nSPS) is 34.7. The molecule has 84 valence electrons. The van der Waals surface area contributed by atoms with E-state index in [2.05, 4.69) is 48.5 Å². The van der Waals surface area contributed by atoms with Crippen molar-refractivity contribution >= 4 is 0 Å².